The third-order valence-electron chi connectivity index (χ3n) is 5.24. The van der Waals surface area contributed by atoms with E-state index in [1.807, 2.05) is 0 Å². The Morgan fingerprint density at radius 3 is 1.25 bits per heavy atom. The number of imide groups is 1. The minimum Gasteiger partial charge on any atom is -0.443 e. The van der Waals surface area contributed by atoms with Crippen LogP contribution >= 0.6 is 0 Å². The zero-order valence-electron chi connectivity index (χ0n) is 19.9. The summed E-state index contributed by atoms with van der Waals surface area (Å²) in [6, 6.07) is 10.8. The number of carbonyl (C=O) groups excluding carboxylic acids is 2. The van der Waals surface area contributed by atoms with E-state index in [-0.39, 0.29) is 16.3 Å². The fourth-order valence-corrected chi connectivity index (χ4v) is 3.41. The molecule has 3 aromatic rings. The number of hydrogen-bond acceptors (Lipinski definition) is 13. The molecule has 0 unspecified atom stereocenters. The maximum absolute atomic E-state index is 13.0. The van der Waals surface area contributed by atoms with Crippen LogP contribution in [-0.4, -0.2) is 31.9 Å². The van der Waals surface area contributed by atoms with Crippen LogP contribution in [-0.2, 0) is 22.7 Å². The van der Waals surface area contributed by atoms with E-state index in [0.29, 0.717) is 0 Å². The third-order valence-corrected chi connectivity index (χ3v) is 5.24. The van der Waals surface area contributed by atoms with E-state index in [2.05, 4.69) is 0 Å². The molecule has 2 amide bonds. The minimum atomic E-state index is -1.51. The first-order chi connectivity index (χ1) is 18.9. The number of rotatable bonds is 9. The van der Waals surface area contributed by atoms with Gasteiger partial charge in [-0.05, 0) is 36.4 Å². The molecule has 2 N–H and O–H groups in total. The van der Waals surface area contributed by atoms with Crippen molar-refractivity contribution < 1.29 is 38.8 Å². The van der Waals surface area contributed by atoms with Gasteiger partial charge < -0.3 is 15.2 Å². The van der Waals surface area contributed by atoms with Crippen LogP contribution in [0.25, 0.3) is 0 Å². The molecule has 0 spiro atoms. The molecule has 206 valence electrons. The van der Waals surface area contributed by atoms with E-state index in [1.165, 1.54) is 24.3 Å². The molecule has 40 heavy (non-hydrogen) atoms. The molecule has 0 atom stereocenters. The Kier molecular flexibility index (Phi) is 8.44. The van der Waals surface area contributed by atoms with Crippen LogP contribution in [0.5, 0.6) is 0 Å². The summed E-state index contributed by atoms with van der Waals surface area (Å²) in [5.74, 6) is 0. The molecule has 3 rings (SSSR count). The van der Waals surface area contributed by atoms with E-state index in [0.717, 1.165) is 36.4 Å². The summed E-state index contributed by atoms with van der Waals surface area (Å²) in [6.07, 6.45) is -3.03. The number of anilines is 2. The molecular formula is C22H16N6O12. The quantitative estimate of drug-likeness (QED) is 0.218. The topological polar surface area (TPSA) is 254 Å². The average molecular weight is 556 g/mol. The Hall–Kier alpha value is -6.20. The van der Waals surface area contributed by atoms with Crippen molar-refractivity contribution in [2.24, 2.45) is 0 Å². The smallest absolute Gasteiger partial charge is 0.424 e. The van der Waals surface area contributed by atoms with Gasteiger partial charge in [-0.25, -0.2) is 9.59 Å². The summed E-state index contributed by atoms with van der Waals surface area (Å²) >= 11 is 0. The van der Waals surface area contributed by atoms with Crippen LogP contribution in [0.2, 0.25) is 0 Å². The average Bonchev–Trinajstić information content (AvgIpc) is 2.91. The van der Waals surface area contributed by atoms with Gasteiger partial charge in [-0.1, -0.05) is 0 Å². The highest BCUT2D eigenvalue weighted by Gasteiger charge is 2.32. The largest absolute Gasteiger partial charge is 0.443 e. The van der Waals surface area contributed by atoms with Gasteiger partial charge >= 0.3 is 12.2 Å². The van der Waals surface area contributed by atoms with Crippen molar-refractivity contribution in [3.05, 3.63) is 112 Å². The van der Waals surface area contributed by atoms with Gasteiger partial charge in [0.2, 0.25) is 0 Å². The number of benzene rings is 3. The Labute approximate surface area is 221 Å². The predicted molar refractivity (Wildman–Crippen MR) is 133 cm³/mol. The predicted octanol–water partition coefficient (Wildman–Crippen LogP) is 4.38. The SMILES string of the molecule is Nc1ccc(N(C(=O)OCc2c([N+](=O)[O-])cccc2[N+](=O)[O-])C(=O)OCc2c([N+](=O)[O-])cccc2[N+](=O)[O-])cc1. The van der Waals surface area contributed by atoms with Gasteiger partial charge in [0.25, 0.3) is 22.7 Å². The summed E-state index contributed by atoms with van der Waals surface area (Å²) in [4.78, 5) is 67.9. The first-order valence-corrected chi connectivity index (χ1v) is 10.7. The molecule has 0 radical (unpaired) electrons. The number of ether oxygens (including phenoxy) is 2. The van der Waals surface area contributed by atoms with E-state index in [1.54, 1.807) is 0 Å². The summed E-state index contributed by atoms with van der Waals surface area (Å²) in [5.41, 5.74) is 1.56. The number of nitro groups is 4. The lowest BCUT2D eigenvalue weighted by molar-refractivity contribution is -0.396. The van der Waals surface area contributed by atoms with Crippen LogP contribution in [0.15, 0.2) is 60.7 Å². The number of nitrogens with two attached hydrogens (primary N) is 1. The lowest BCUT2D eigenvalue weighted by atomic mass is 10.1. The second-order valence-corrected chi connectivity index (χ2v) is 7.61. The molecule has 0 aliphatic carbocycles. The van der Waals surface area contributed by atoms with Crippen LogP contribution in [0.4, 0.5) is 43.7 Å². The van der Waals surface area contributed by atoms with E-state index in [4.69, 9.17) is 15.2 Å². The monoisotopic (exact) mass is 556 g/mol. The van der Waals surface area contributed by atoms with Crippen LogP contribution in [0.3, 0.4) is 0 Å². The fourth-order valence-electron chi connectivity index (χ4n) is 3.41. The normalized spacial score (nSPS) is 10.3. The molecule has 18 nitrogen and oxygen atoms in total. The summed E-state index contributed by atoms with van der Waals surface area (Å²) in [7, 11) is 0. The standard InChI is InChI=1S/C22H16N6O12/c23-13-7-9-14(10-8-13)24(21(29)39-11-15-17(25(31)32)3-1-4-18(15)26(33)34)22(30)40-12-16-19(27(35)36)5-2-6-20(16)28(37)38/h1-10H,11-12,23H2. The zero-order chi connectivity index (χ0) is 29.6. The maximum atomic E-state index is 13.0. The van der Waals surface area contributed by atoms with Gasteiger partial charge in [0.15, 0.2) is 0 Å². The second-order valence-electron chi connectivity index (χ2n) is 7.61. The van der Waals surface area contributed by atoms with Crippen LogP contribution < -0.4 is 10.6 Å². The first kappa shape index (κ1) is 28.4. The summed E-state index contributed by atoms with van der Waals surface area (Å²) in [5, 5.41) is 45.4. The van der Waals surface area contributed by atoms with Gasteiger partial charge in [-0.15, -0.1) is 0 Å². The molecule has 0 aliphatic rings. The Morgan fingerprint density at radius 2 is 0.950 bits per heavy atom. The van der Waals surface area contributed by atoms with Crippen molar-refractivity contribution in [3.63, 3.8) is 0 Å². The Balaban J connectivity index is 1.93. The van der Waals surface area contributed by atoms with Crippen molar-refractivity contribution in [2.75, 3.05) is 10.6 Å². The molecule has 0 aliphatic heterocycles. The van der Waals surface area contributed by atoms with Crippen molar-refractivity contribution in [1.82, 2.24) is 0 Å². The van der Waals surface area contributed by atoms with Gasteiger partial charge in [-0.3, -0.25) is 40.5 Å². The first-order valence-electron chi connectivity index (χ1n) is 10.7. The van der Waals surface area contributed by atoms with Crippen LogP contribution in [0, 0.1) is 40.5 Å². The molecule has 0 saturated heterocycles. The number of nitrogens with zero attached hydrogens (tertiary/aromatic N) is 5. The number of hydrogen-bond donors (Lipinski definition) is 1. The molecule has 3 aromatic carbocycles. The third kappa shape index (κ3) is 6.19. The number of nitro benzene ring substituents is 4. The van der Waals surface area contributed by atoms with E-state index >= 15 is 0 Å². The van der Waals surface area contributed by atoms with E-state index < -0.39 is 79.0 Å². The Bertz CT molecular complexity index is 1370. The molecular weight excluding hydrogens is 540 g/mol. The summed E-state index contributed by atoms with van der Waals surface area (Å²) in [6.45, 7) is -2.03. The summed E-state index contributed by atoms with van der Waals surface area (Å²) < 4.78 is 9.97. The van der Waals surface area contributed by atoms with Gasteiger partial charge in [-0.2, -0.15) is 4.90 Å². The highest BCUT2D eigenvalue weighted by molar-refractivity contribution is 6.09. The van der Waals surface area contributed by atoms with Crippen molar-refractivity contribution >= 4 is 46.3 Å². The van der Waals surface area contributed by atoms with Crippen LogP contribution in [0.1, 0.15) is 11.1 Å². The highest BCUT2D eigenvalue weighted by atomic mass is 16.6. The molecule has 18 heteroatoms. The molecule has 0 aromatic heterocycles. The molecule has 0 fully saturated rings. The zero-order valence-corrected chi connectivity index (χ0v) is 19.9. The Morgan fingerprint density at radius 1 is 0.625 bits per heavy atom. The minimum absolute atomic E-state index is 0.210. The van der Waals surface area contributed by atoms with Gasteiger partial charge in [0.05, 0.1) is 25.4 Å². The van der Waals surface area contributed by atoms with Crippen molar-refractivity contribution in [3.8, 4) is 0 Å². The van der Waals surface area contributed by atoms with Crippen molar-refractivity contribution in [2.45, 2.75) is 13.2 Å². The number of carbonyl (C=O) groups is 2. The van der Waals surface area contributed by atoms with Gasteiger partial charge in [0, 0.05) is 30.0 Å². The lowest BCUT2D eigenvalue weighted by Crippen LogP contribution is -2.38. The lowest BCUT2D eigenvalue weighted by Gasteiger charge is -2.20. The van der Waals surface area contributed by atoms with Crippen molar-refractivity contribution in [1.29, 1.82) is 0 Å². The molecule has 0 saturated carbocycles. The van der Waals surface area contributed by atoms with E-state index in [9.17, 15) is 50.0 Å². The number of amides is 2. The number of nitrogen functional groups attached to an aromatic ring is 1. The fraction of sp³-hybridized carbons (Fsp3) is 0.0909. The van der Waals surface area contributed by atoms with Gasteiger partial charge in [0.1, 0.15) is 24.3 Å². The second kappa shape index (κ2) is 11.9. The molecule has 0 heterocycles. The highest BCUT2D eigenvalue weighted by Crippen LogP contribution is 2.31. The molecule has 0 bridgehead atoms. The maximum Gasteiger partial charge on any atom is 0.424 e.